The van der Waals surface area contributed by atoms with E-state index in [4.69, 9.17) is 0 Å². The molecule has 1 heteroatoms. The van der Waals surface area contributed by atoms with Gasteiger partial charge in [0, 0.05) is 0 Å². The summed E-state index contributed by atoms with van der Waals surface area (Å²) in [5.41, 5.74) is 0. The summed E-state index contributed by atoms with van der Waals surface area (Å²) >= 11 is 0. The number of rotatable bonds is 9. The molecule has 0 aliphatic carbocycles. The van der Waals surface area contributed by atoms with Gasteiger partial charge in [-0.1, -0.05) is 76.4 Å². The Kier molecular flexibility index (Phi) is 9.01. The standard InChI is InChI=1S/C15H32Si/c1-6-10-11-12-13-14-15(5)16(7-2,8-3)9-4/h14H,6-13H2,1-5H3/b15-14+. The first-order chi connectivity index (χ1) is 7.66. The fourth-order valence-corrected chi connectivity index (χ4v) is 6.44. The van der Waals surface area contributed by atoms with Crippen LogP contribution in [0.2, 0.25) is 18.1 Å². The lowest BCUT2D eigenvalue weighted by molar-refractivity contribution is 0.674. The molecule has 0 aliphatic heterocycles. The van der Waals surface area contributed by atoms with E-state index in [9.17, 15) is 0 Å². The molecule has 0 fully saturated rings. The van der Waals surface area contributed by atoms with E-state index < -0.39 is 8.07 Å². The number of hydrogen-bond acceptors (Lipinski definition) is 0. The first kappa shape index (κ1) is 16.0. The minimum atomic E-state index is -1.03. The van der Waals surface area contributed by atoms with Crippen molar-refractivity contribution in [3.63, 3.8) is 0 Å². The molecular weight excluding hydrogens is 208 g/mol. The third kappa shape index (κ3) is 4.86. The molecule has 0 heterocycles. The zero-order chi connectivity index (χ0) is 12.4. The molecule has 0 aromatic carbocycles. The van der Waals surface area contributed by atoms with Gasteiger partial charge in [-0.05, 0) is 19.8 Å². The van der Waals surface area contributed by atoms with Crippen molar-refractivity contribution >= 4 is 8.07 Å². The van der Waals surface area contributed by atoms with Gasteiger partial charge in [-0.25, -0.2) is 0 Å². The molecule has 0 atom stereocenters. The van der Waals surface area contributed by atoms with Crippen LogP contribution < -0.4 is 0 Å². The van der Waals surface area contributed by atoms with Crippen LogP contribution in [0.15, 0.2) is 11.3 Å². The van der Waals surface area contributed by atoms with E-state index in [1.807, 2.05) is 0 Å². The van der Waals surface area contributed by atoms with Crippen LogP contribution in [0.25, 0.3) is 0 Å². The molecule has 96 valence electrons. The third-order valence-electron chi connectivity index (χ3n) is 4.38. The van der Waals surface area contributed by atoms with Gasteiger partial charge in [0.15, 0.2) is 0 Å². The largest absolute Gasteiger partial charge is 0.0894 e. The van der Waals surface area contributed by atoms with Gasteiger partial charge in [0.05, 0.1) is 8.07 Å². The molecule has 0 rings (SSSR count). The summed E-state index contributed by atoms with van der Waals surface area (Å²) in [4.78, 5) is 0. The first-order valence-electron chi connectivity index (χ1n) is 7.34. The Bertz CT molecular complexity index is 181. The summed E-state index contributed by atoms with van der Waals surface area (Å²) in [6.07, 6.45) is 9.45. The summed E-state index contributed by atoms with van der Waals surface area (Å²) in [5.74, 6) is 0. The third-order valence-corrected chi connectivity index (χ3v) is 10.3. The molecule has 0 radical (unpaired) electrons. The summed E-state index contributed by atoms with van der Waals surface area (Å²) in [6, 6.07) is 4.28. The highest BCUT2D eigenvalue weighted by molar-refractivity contribution is 6.86. The highest BCUT2D eigenvalue weighted by atomic mass is 28.3. The van der Waals surface area contributed by atoms with Gasteiger partial charge in [0.1, 0.15) is 0 Å². The summed E-state index contributed by atoms with van der Waals surface area (Å²) in [6.45, 7) is 11.9. The Morgan fingerprint density at radius 3 is 1.88 bits per heavy atom. The SMILES string of the molecule is CCCCCC/C=C(\C)[Si](CC)(CC)CC. The van der Waals surface area contributed by atoms with E-state index in [1.165, 1.54) is 50.2 Å². The molecule has 0 spiro atoms. The van der Waals surface area contributed by atoms with Gasteiger partial charge in [-0.15, -0.1) is 0 Å². The Morgan fingerprint density at radius 1 is 0.875 bits per heavy atom. The average molecular weight is 241 g/mol. The molecule has 0 aromatic rings. The molecule has 0 saturated heterocycles. The van der Waals surface area contributed by atoms with Crippen molar-refractivity contribution in [1.29, 1.82) is 0 Å². The van der Waals surface area contributed by atoms with E-state index in [-0.39, 0.29) is 0 Å². The zero-order valence-corrected chi connectivity index (χ0v) is 13.2. The van der Waals surface area contributed by atoms with Gasteiger partial charge in [0.25, 0.3) is 0 Å². The summed E-state index contributed by atoms with van der Waals surface area (Å²) in [7, 11) is -1.03. The topological polar surface area (TPSA) is 0 Å². The zero-order valence-electron chi connectivity index (χ0n) is 12.2. The summed E-state index contributed by atoms with van der Waals surface area (Å²) in [5, 5.41) is 1.77. The van der Waals surface area contributed by atoms with Crippen molar-refractivity contribution in [2.75, 3.05) is 0 Å². The van der Waals surface area contributed by atoms with Crippen LogP contribution in [-0.2, 0) is 0 Å². The lowest BCUT2D eigenvalue weighted by atomic mass is 10.1. The maximum Gasteiger partial charge on any atom is 0.0799 e. The lowest BCUT2D eigenvalue weighted by Crippen LogP contribution is -2.33. The molecule has 0 nitrogen and oxygen atoms in total. The van der Waals surface area contributed by atoms with Crippen LogP contribution in [0.3, 0.4) is 0 Å². The van der Waals surface area contributed by atoms with E-state index in [0.29, 0.717) is 0 Å². The van der Waals surface area contributed by atoms with Crippen LogP contribution in [0.1, 0.15) is 66.7 Å². The van der Waals surface area contributed by atoms with Gasteiger partial charge < -0.3 is 0 Å². The monoisotopic (exact) mass is 240 g/mol. The molecule has 0 saturated carbocycles. The van der Waals surface area contributed by atoms with Crippen LogP contribution in [0.5, 0.6) is 0 Å². The summed E-state index contributed by atoms with van der Waals surface area (Å²) < 4.78 is 0. The highest BCUT2D eigenvalue weighted by Crippen LogP contribution is 2.28. The van der Waals surface area contributed by atoms with E-state index in [2.05, 4.69) is 40.7 Å². The van der Waals surface area contributed by atoms with E-state index in [1.54, 1.807) is 5.20 Å². The Labute approximate surface area is 105 Å². The van der Waals surface area contributed by atoms with Crippen molar-refractivity contribution in [1.82, 2.24) is 0 Å². The van der Waals surface area contributed by atoms with Crippen molar-refractivity contribution < 1.29 is 0 Å². The fourth-order valence-electron chi connectivity index (χ4n) is 2.69. The Morgan fingerprint density at radius 2 is 1.44 bits per heavy atom. The Balaban J connectivity index is 4.16. The predicted molar refractivity (Wildman–Crippen MR) is 79.7 cm³/mol. The smallest absolute Gasteiger partial charge is 0.0799 e. The first-order valence-corrected chi connectivity index (χ1v) is 9.96. The second kappa shape index (κ2) is 9.04. The van der Waals surface area contributed by atoms with Crippen molar-refractivity contribution in [2.45, 2.75) is 84.9 Å². The number of hydrogen-bond donors (Lipinski definition) is 0. The maximum absolute atomic E-state index is 2.57. The minimum absolute atomic E-state index is 1.03. The van der Waals surface area contributed by atoms with Gasteiger partial charge in [-0.2, -0.15) is 0 Å². The van der Waals surface area contributed by atoms with Crippen LogP contribution in [0.4, 0.5) is 0 Å². The van der Waals surface area contributed by atoms with E-state index >= 15 is 0 Å². The molecule has 0 bridgehead atoms. The van der Waals surface area contributed by atoms with Gasteiger partial charge >= 0.3 is 0 Å². The van der Waals surface area contributed by atoms with Crippen LogP contribution in [-0.4, -0.2) is 8.07 Å². The normalized spacial score (nSPS) is 13.2. The quantitative estimate of drug-likeness (QED) is 0.345. The molecule has 0 aliphatic rings. The van der Waals surface area contributed by atoms with Gasteiger partial charge in [-0.3, -0.25) is 0 Å². The second-order valence-electron chi connectivity index (χ2n) is 5.08. The number of allylic oxidation sites excluding steroid dienone is 2. The molecule has 0 aromatic heterocycles. The Hall–Kier alpha value is -0.0431. The highest BCUT2D eigenvalue weighted by Gasteiger charge is 2.27. The van der Waals surface area contributed by atoms with Crippen LogP contribution in [0, 0.1) is 0 Å². The maximum atomic E-state index is 2.57. The molecular formula is C15H32Si. The van der Waals surface area contributed by atoms with Crippen LogP contribution >= 0.6 is 0 Å². The second-order valence-corrected chi connectivity index (χ2v) is 10.5. The predicted octanol–water partition coefficient (Wildman–Crippen LogP) is 5.95. The molecule has 0 amide bonds. The van der Waals surface area contributed by atoms with Gasteiger partial charge in [0.2, 0.25) is 0 Å². The van der Waals surface area contributed by atoms with Crippen molar-refractivity contribution in [3.05, 3.63) is 11.3 Å². The molecule has 16 heavy (non-hydrogen) atoms. The number of unbranched alkanes of at least 4 members (excludes halogenated alkanes) is 4. The fraction of sp³-hybridized carbons (Fsp3) is 0.867. The molecule has 0 unspecified atom stereocenters. The van der Waals surface area contributed by atoms with E-state index in [0.717, 1.165) is 0 Å². The lowest BCUT2D eigenvalue weighted by Gasteiger charge is -2.29. The minimum Gasteiger partial charge on any atom is -0.0894 e. The van der Waals surface area contributed by atoms with Crippen molar-refractivity contribution in [2.24, 2.45) is 0 Å². The average Bonchev–Trinajstić information content (AvgIpc) is 2.32. The molecule has 0 N–H and O–H groups in total. The van der Waals surface area contributed by atoms with Crippen molar-refractivity contribution in [3.8, 4) is 0 Å².